The van der Waals surface area contributed by atoms with Crippen LogP contribution in [0, 0.1) is 0 Å². The second-order valence-electron chi connectivity index (χ2n) is 8.11. The van der Waals surface area contributed by atoms with Crippen LogP contribution in [0.1, 0.15) is 42.1 Å². The Kier molecular flexibility index (Phi) is 8.74. The monoisotopic (exact) mass is 514 g/mol. The maximum absolute atomic E-state index is 12.8. The number of thiol groups is 1. The molecule has 0 N–H and O–H groups in total. The number of esters is 1. The van der Waals surface area contributed by atoms with Gasteiger partial charge >= 0.3 is 5.97 Å². The van der Waals surface area contributed by atoms with Crippen molar-refractivity contribution in [2.45, 2.75) is 43.2 Å². The summed E-state index contributed by atoms with van der Waals surface area (Å²) in [5, 5.41) is 0.348. The molecule has 2 aromatic carbocycles. The number of hydrogen-bond acceptors (Lipinski definition) is 6. The highest BCUT2D eigenvalue weighted by Crippen LogP contribution is 2.29. The lowest BCUT2D eigenvalue weighted by Gasteiger charge is -2.13. The Morgan fingerprint density at radius 1 is 1.14 bits per heavy atom. The standard InChI is InChI=1S/C25H30N4O4S2/c1-5-9-22-27-24(34)23(25(30)33-6-2)29(22)16-18-12-14-19(15-13-18)20-10-7-8-11-21(20)35(31,32)26-17-28(3)4/h7-8,10-15,17,34H,5-6,9,16H2,1-4H3/b26-17+. The van der Waals surface area contributed by atoms with Gasteiger partial charge in [0.05, 0.1) is 11.5 Å². The van der Waals surface area contributed by atoms with Crippen LogP contribution in [0.15, 0.2) is 62.9 Å². The van der Waals surface area contributed by atoms with Gasteiger partial charge in [0.1, 0.15) is 17.2 Å². The summed E-state index contributed by atoms with van der Waals surface area (Å²) < 4.78 is 36.4. The Morgan fingerprint density at radius 2 is 1.83 bits per heavy atom. The Morgan fingerprint density at radius 3 is 2.46 bits per heavy atom. The molecule has 0 saturated carbocycles. The number of nitrogens with zero attached hydrogens (tertiary/aromatic N) is 4. The van der Waals surface area contributed by atoms with E-state index in [1.807, 2.05) is 35.8 Å². The van der Waals surface area contributed by atoms with Crippen LogP contribution in [0.25, 0.3) is 11.1 Å². The van der Waals surface area contributed by atoms with E-state index in [1.54, 1.807) is 50.2 Å². The van der Waals surface area contributed by atoms with Gasteiger partial charge in [-0.25, -0.2) is 9.78 Å². The molecule has 1 heterocycles. The molecule has 8 nitrogen and oxygen atoms in total. The van der Waals surface area contributed by atoms with Gasteiger partial charge in [-0.05, 0) is 30.5 Å². The van der Waals surface area contributed by atoms with Crippen LogP contribution >= 0.6 is 12.6 Å². The van der Waals surface area contributed by atoms with Crippen LogP contribution in [0.4, 0.5) is 0 Å². The summed E-state index contributed by atoms with van der Waals surface area (Å²) in [5.41, 5.74) is 2.56. The lowest BCUT2D eigenvalue weighted by Crippen LogP contribution is -2.15. The average molecular weight is 515 g/mol. The van der Waals surface area contributed by atoms with Crippen LogP contribution in [0.3, 0.4) is 0 Å². The second-order valence-corrected chi connectivity index (χ2v) is 10.1. The van der Waals surface area contributed by atoms with Gasteiger partial charge in [-0.3, -0.25) is 0 Å². The van der Waals surface area contributed by atoms with Crippen LogP contribution < -0.4 is 0 Å². The number of carbonyl (C=O) groups excluding carboxylic acids is 1. The minimum Gasteiger partial charge on any atom is -0.461 e. The molecule has 1 aromatic heterocycles. The number of imidazole rings is 1. The second kappa shape index (κ2) is 11.5. The van der Waals surface area contributed by atoms with E-state index in [1.165, 1.54) is 6.34 Å². The molecular formula is C25H30N4O4S2. The van der Waals surface area contributed by atoms with Crippen LogP contribution in [0.2, 0.25) is 0 Å². The Balaban J connectivity index is 1.96. The number of sulfonamides is 1. The van der Waals surface area contributed by atoms with E-state index < -0.39 is 16.0 Å². The first kappa shape index (κ1) is 26.5. The number of hydrogen-bond donors (Lipinski definition) is 1. The lowest BCUT2D eigenvalue weighted by molar-refractivity contribution is 0.0509. The summed E-state index contributed by atoms with van der Waals surface area (Å²) in [6.45, 7) is 4.47. The molecule has 0 amide bonds. The van der Waals surface area contributed by atoms with Gasteiger partial charge in [0, 0.05) is 32.6 Å². The third kappa shape index (κ3) is 6.32. The van der Waals surface area contributed by atoms with Crippen LogP contribution in [0.5, 0.6) is 0 Å². The van der Waals surface area contributed by atoms with Gasteiger partial charge < -0.3 is 14.2 Å². The van der Waals surface area contributed by atoms with E-state index in [0.29, 0.717) is 29.2 Å². The van der Waals surface area contributed by atoms with Crippen molar-refractivity contribution >= 4 is 35.0 Å². The molecule has 3 rings (SSSR count). The number of aryl methyl sites for hydroxylation is 1. The summed E-state index contributed by atoms with van der Waals surface area (Å²) in [5.74, 6) is 0.307. The largest absolute Gasteiger partial charge is 0.461 e. The summed E-state index contributed by atoms with van der Waals surface area (Å²) in [6, 6.07) is 14.3. The number of ether oxygens (including phenoxy) is 1. The third-order valence-electron chi connectivity index (χ3n) is 5.16. The van der Waals surface area contributed by atoms with Crippen molar-refractivity contribution in [2.24, 2.45) is 4.40 Å². The smallest absolute Gasteiger partial charge is 0.357 e. The first-order valence-corrected chi connectivity index (χ1v) is 13.2. The Bertz CT molecular complexity index is 1310. The SMILES string of the molecule is CCCc1nc(S)c(C(=O)OCC)n1Cc1ccc(-c2ccccc2S(=O)(=O)/N=C/N(C)C)cc1. The molecule has 0 unspecified atom stereocenters. The first-order valence-electron chi connectivity index (χ1n) is 11.3. The van der Waals surface area contributed by atoms with Crippen molar-refractivity contribution < 1.29 is 17.9 Å². The predicted molar refractivity (Wildman–Crippen MR) is 140 cm³/mol. The summed E-state index contributed by atoms with van der Waals surface area (Å²) >= 11 is 4.41. The van der Waals surface area contributed by atoms with Gasteiger partial charge in [0.15, 0.2) is 5.69 Å². The summed E-state index contributed by atoms with van der Waals surface area (Å²) in [4.78, 5) is 18.7. The molecular weight excluding hydrogens is 484 g/mol. The zero-order valence-electron chi connectivity index (χ0n) is 20.3. The van der Waals surface area contributed by atoms with Gasteiger partial charge in [0.25, 0.3) is 10.0 Å². The molecule has 3 aromatic rings. The van der Waals surface area contributed by atoms with Crippen molar-refractivity contribution in [2.75, 3.05) is 20.7 Å². The van der Waals surface area contributed by atoms with Crippen molar-refractivity contribution in [3.05, 3.63) is 65.6 Å². The number of rotatable bonds is 10. The Hall–Kier alpha value is -3.11. The molecule has 10 heteroatoms. The zero-order chi connectivity index (χ0) is 25.6. The molecule has 0 spiro atoms. The van der Waals surface area contributed by atoms with E-state index in [4.69, 9.17) is 4.74 Å². The molecule has 0 aliphatic carbocycles. The van der Waals surface area contributed by atoms with Crippen molar-refractivity contribution in [1.29, 1.82) is 0 Å². The maximum Gasteiger partial charge on any atom is 0.357 e. The highest BCUT2D eigenvalue weighted by Gasteiger charge is 2.23. The highest BCUT2D eigenvalue weighted by molar-refractivity contribution is 7.90. The van der Waals surface area contributed by atoms with Gasteiger partial charge in [-0.1, -0.05) is 49.4 Å². The van der Waals surface area contributed by atoms with E-state index >= 15 is 0 Å². The predicted octanol–water partition coefficient (Wildman–Crippen LogP) is 4.29. The molecule has 0 radical (unpaired) electrons. The summed E-state index contributed by atoms with van der Waals surface area (Å²) in [7, 11) is -0.451. The Labute approximate surface area is 212 Å². The van der Waals surface area contributed by atoms with E-state index in [-0.39, 0.29) is 11.5 Å². The van der Waals surface area contributed by atoms with Crippen LogP contribution in [-0.2, 0) is 27.7 Å². The van der Waals surface area contributed by atoms with Crippen molar-refractivity contribution in [1.82, 2.24) is 14.5 Å². The molecule has 0 aliphatic rings. The zero-order valence-corrected chi connectivity index (χ0v) is 22.0. The van der Waals surface area contributed by atoms with Gasteiger partial charge in [-0.2, -0.15) is 8.42 Å². The fraction of sp³-hybridized carbons (Fsp3) is 0.320. The highest BCUT2D eigenvalue weighted by atomic mass is 32.2. The van der Waals surface area contributed by atoms with Crippen molar-refractivity contribution in [3.8, 4) is 11.1 Å². The topological polar surface area (TPSA) is 93.9 Å². The first-order chi connectivity index (χ1) is 16.7. The fourth-order valence-electron chi connectivity index (χ4n) is 3.59. The summed E-state index contributed by atoms with van der Waals surface area (Å²) in [6.07, 6.45) is 2.84. The van der Waals surface area contributed by atoms with Gasteiger partial charge in [-0.15, -0.1) is 17.0 Å². The number of aromatic nitrogens is 2. The number of carbonyl (C=O) groups is 1. The molecule has 0 saturated heterocycles. The minimum atomic E-state index is -3.87. The molecule has 0 bridgehead atoms. The van der Waals surface area contributed by atoms with Crippen LogP contribution in [-0.4, -0.2) is 55.9 Å². The molecule has 0 atom stereocenters. The molecule has 0 aliphatic heterocycles. The molecule has 0 fully saturated rings. The molecule has 35 heavy (non-hydrogen) atoms. The quantitative estimate of drug-likeness (QED) is 0.188. The van der Waals surface area contributed by atoms with Crippen molar-refractivity contribution in [3.63, 3.8) is 0 Å². The average Bonchev–Trinajstić information content (AvgIpc) is 3.13. The van der Waals surface area contributed by atoms with E-state index in [2.05, 4.69) is 22.0 Å². The normalized spacial score (nSPS) is 11.7. The van der Waals surface area contributed by atoms with E-state index in [0.717, 1.165) is 23.4 Å². The minimum absolute atomic E-state index is 0.134. The molecule has 186 valence electrons. The van der Waals surface area contributed by atoms with E-state index in [9.17, 15) is 13.2 Å². The third-order valence-corrected chi connectivity index (χ3v) is 6.75. The number of benzene rings is 2. The van der Waals surface area contributed by atoms with Gasteiger partial charge in [0.2, 0.25) is 0 Å². The maximum atomic E-state index is 12.8. The fourth-order valence-corrected chi connectivity index (χ4v) is 5.05. The lowest BCUT2D eigenvalue weighted by atomic mass is 10.0.